The van der Waals surface area contributed by atoms with E-state index in [9.17, 15) is 0 Å². The molecule has 1 aromatic heterocycles. The van der Waals surface area contributed by atoms with Crippen molar-refractivity contribution in [3.8, 4) is 11.6 Å². The third kappa shape index (κ3) is 2.18. The number of aromatic nitrogens is 1. The van der Waals surface area contributed by atoms with Crippen molar-refractivity contribution < 1.29 is 4.74 Å². The van der Waals surface area contributed by atoms with Gasteiger partial charge in [0.15, 0.2) is 0 Å². The predicted octanol–water partition coefficient (Wildman–Crippen LogP) is 4.34. The Hall–Kier alpha value is -2.35. The second kappa shape index (κ2) is 4.49. The third-order valence-corrected chi connectivity index (χ3v) is 2.78. The predicted molar refractivity (Wildman–Crippen MR) is 73.0 cm³/mol. The van der Waals surface area contributed by atoms with Crippen LogP contribution < -0.4 is 4.74 Å². The molecule has 0 saturated carbocycles. The van der Waals surface area contributed by atoms with Gasteiger partial charge in [-0.25, -0.2) is 4.98 Å². The number of hydrogen-bond acceptors (Lipinski definition) is 2. The molecule has 0 amide bonds. The molecular weight excluding hydrogens is 222 g/mol. The van der Waals surface area contributed by atoms with Crippen molar-refractivity contribution in [3.05, 3.63) is 66.2 Å². The number of aryl methyl sites for hydroxylation is 1. The number of fused-ring (bicyclic) bond motifs is 1. The first-order valence-corrected chi connectivity index (χ1v) is 5.91. The Morgan fingerprint density at radius 1 is 0.889 bits per heavy atom. The van der Waals surface area contributed by atoms with Crippen molar-refractivity contribution in [2.45, 2.75) is 6.92 Å². The van der Waals surface area contributed by atoms with Gasteiger partial charge in [-0.2, -0.15) is 0 Å². The number of hydrogen-bond donors (Lipinski definition) is 0. The van der Waals surface area contributed by atoms with E-state index in [0.29, 0.717) is 5.88 Å². The molecule has 0 aliphatic carbocycles. The highest BCUT2D eigenvalue weighted by Gasteiger charge is 2.00. The van der Waals surface area contributed by atoms with Crippen LogP contribution in [0.1, 0.15) is 5.56 Å². The quantitative estimate of drug-likeness (QED) is 0.659. The van der Waals surface area contributed by atoms with Gasteiger partial charge in [0.2, 0.25) is 5.88 Å². The molecule has 88 valence electrons. The fourth-order valence-electron chi connectivity index (χ4n) is 1.90. The molecule has 2 aromatic carbocycles. The lowest BCUT2D eigenvalue weighted by Gasteiger charge is -2.06. The number of para-hydroxylation sites is 1. The molecule has 0 aliphatic heterocycles. The van der Waals surface area contributed by atoms with Crippen molar-refractivity contribution in [2.75, 3.05) is 0 Å². The minimum absolute atomic E-state index is 0.624. The fraction of sp³-hybridized carbons (Fsp3) is 0.0625. The van der Waals surface area contributed by atoms with Gasteiger partial charge < -0.3 is 4.74 Å². The van der Waals surface area contributed by atoms with Crippen LogP contribution in [0.15, 0.2) is 60.7 Å². The zero-order valence-electron chi connectivity index (χ0n) is 10.1. The van der Waals surface area contributed by atoms with Crippen LogP contribution in [-0.2, 0) is 0 Å². The van der Waals surface area contributed by atoms with E-state index in [0.717, 1.165) is 16.7 Å². The molecule has 2 heteroatoms. The number of benzene rings is 2. The van der Waals surface area contributed by atoms with Crippen LogP contribution in [0.2, 0.25) is 0 Å². The van der Waals surface area contributed by atoms with Gasteiger partial charge in [-0.15, -0.1) is 0 Å². The standard InChI is InChI=1S/C16H13NO/c1-12-5-4-7-14(11-12)18-16-10-9-13-6-2-3-8-15(13)17-16/h2-11H,1H3. The number of pyridine rings is 1. The summed E-state index contributed by atoms with van der Waals surface area (Å²) in [5.41, 5.74) is 2.12. The highest BCUT2D eigenvalue weighted by atomic mass is 16.5. The molecule has 0 unspecified atom stereocenters. The molecule has 0 radical (unpaired) electrons. The summed E-state index contributed by atoms with van der Waals surface area (Å²) in [6.45, 7) is 2.04. The summed E-state index contributed by atoms with van der Waals surface area (Å²) in [7, 11) is 0. The summed E-state index contributed by atoms with van der Waals surface area (Å²) in [4.78, 5) is 4.48. The first-order valence-electron chi connectivity index (χ1n) is 5.91. The minimum Gasteiger partial charge on any atom is -0.439 e. The Balaban J connectivity index is 1.95. The van der Waals surface area contributed by atoms with Crippen molar-refractivity contribution in [2.24, 2.45) is 0 Å². The summed E-state index contributed by atoms with van der Waals surface area (Å²) in [5.74, 6) is 1.44. The Bertz CT molecular complexity index is 691. The average Bonchev–Trinajstić information content (AvgIpc) is 2.39. The van der Waals surface area contributed by atoms with Gasteiger partial charge in [0, 0.05) is 11.5 Å². The molecule has 1 heterocycles. The lowest BCUT2D eigenvalue weighted by molar-refractivity contribution is 0.465. The van der Waals surface area contributed by atoms with E-state index < -0.39 is 0 Å². The number of ether oxygens (including phenoxy) is 1. The lowest BCUT2D eigenvalue weighted by Crippen LogP contribution is -1.88. The summed E-state index contributed by atoms with van der Waals surface area (Å²) in [5, 5.41) is 1.12. The van der Waals surface area contributed by atoms with Crippen LogP contribution in [0.25, 0.3) is 10.9 Å². The molecule has 2 nitrogen and oxygen atoms in total. The number of rotatable bonds is 2. The second-order valence-corrected chi connectivity index (χ2v) is 4.26. The molecule has 3 rings (SSSR count). The van der Waals surface area contributed by atoms with Gasteiger partial charge >= 0.3 is 0 Å². The minimum atomic E-state index is 0.624. The molecular formula is C16H13NO. The Morgan fingerprint density at radius 2 is 1.78 bits per heavy atom. The van der Waals surface area contributed by atoms with Crippen molar-refractivity contribution >= 4 is 10.9 Å². The maximum Gasteiger partial charge on any atom is 0.219 e. The van der Waals surface area contributed by atoms with Gasteiger partial charge in [0.1, 0.15) is 5.75 Å². The van der Waals surface area contributed by atoms with Gasteiger partial charge in [-0.1, -0.05) is 30.3 Å². The molecule has 0 saturated heterocycles. The van der Waals surface area contributed by atoms with Gasteiger partial charge in [0.25, 0.3) is 0 Å². The monoisotopic (exact) mass is 235 g/mol. The molecule has 0 N–H and O–H groups in total. The molecule has 3 aromatic rings. The summed E-state index contributed by atoms with van der Waals surface area (Å²) in [6.07, 6.45) is 0. The van der Waals surface area contributed by atoms with Gasteiger partial charge in [-0.3, -0.25) is 0 Å². The topological polar surface area (TPSA) is 22.1 Å². The molecule has 0 fully saturated rings. The van der Waals surface area contributed by atoms with Crippen LogP contribution in [-0.4, -0.2) is 4.98 Å². The SMILES string of the molecule is Cc1cccc(Oc2ccc3ccccc3n2)c1. The largest absolute Gasteiger partial charge is 0.439 e. The second-order valence-electron chi connectivity index (χ2n) is 4.26. The maximum atomic E-state index is 5.76. The highest BCUT2D eigenvalue weighted by molar-refractivity contribution is 5.78. The summed E-state index contributed by atoms with van der Waals surface area (Å²) in [6, 6.07) is 19.9. The zero-order valence-corrected chi connectivity index (χ0v) is 10.1. The van der Waals surface area contributed by atoms with Crippen molar-refractivity contribution in [1.29, 1.82) is 0 Å². The molecule has 0 aliphatic rings. The van der Waals surface area contributed by atoms with Crippen LogP contribution in [0, 0.1) is 6.92 Å². The molecule has 18 heavy (non-hydrogen) atoms. The lowest BCUT2D eigenvalue weighted by atomic mass is 10.2. The van der Waals surface area contributed by atoms with Crippen molar-refractivity contribution in [1.82, 2.24) is 4.98 Å². The van der Waals surface area contributed by atoms with Crippen LogP contribution in [0.4, 0.5) is 0 Å². The van der Waals surface area contributed by atoms with E-state index in [1.165, 1.54) is 5.56 Å². The smallest absolute Gasteiger partial charge is 0.219 e. The Kier molecular flexibility index (Phi) is 2.69. The van der Waals surface area contributed by atoms with E-state index in [4.69, 9.17) is 4.74 Å². The Labute approximate surface area is 106 Å². The first-order chi connectivity index (χ1) is 8.81. The average molecular weight is 235 g/mol. The molecule has 0 spiro atoms. The molecule has 0 bridgehead atoms. The van der Waals surface area contributed by atoms with E-state index in [-0.39, 0.29) is 0 Å². The van der Waals surface area contributed by atoms with E-state index in [2.05, 4.69) is 4.98 Å². The van der Waals surface area contributed by atoms with Crippen LogP contribution >= 0.6 is 0 Å². The van der Waals surface area contributed by atoms with E-state index in [1.54, 1.807) is 0 Å². The fourth-order valence-corrected chi connectivity index (χ4v) is 1.90. The summed E-state index contributed by atoms with van der Waals surface area (Å²) >= 11 is 0. The number of nitrogens with zero attached hydrogens (tertiary/aromatic N) is 1. The first kappa shape index (κ1) is 10.8. The Morgan fingerprint density at radius 3 is 2.67 bits per heavy atom. The van der Waals surface area contributed by atoms with Gasteiger partial charge in [0.05, 0.1) is 5.52 Å². The van der Waals surface area contributed by atoms with Crippen molar-refractivity contribution in [3.63, 3.8) is 0 Å². The van der Waals surface area contributed by atoms with E-state index in [1.807, 2.05) is 67.6 Å². The summed E-state index contributed by atoms with van der Waals surface area (Å²) < 4.78 is 5.76. The van der Waals surface area contributed by atoms with Crippen LogP contribution in [0.3, 0.4) is 0 Å². The molecule has 0 atom stereocenters. The van der Waals surface area contributed by atoms with Crippen LogP contribution in [0.5, 0.6) is 11.6 Å². The van der Waals surface area contributed by atoms with Gasteiger partial charge in [-0.05, 0) is 36.8 Å². The normalized spacial score (nSPS) is 10.5. The highest BCUT2D eigenvalue weighted by Crippen LogP contribution is 2.22. The maximum absolute atomic E-state index is 5.76. The third-order valence-electron chi connectivity index (χ3n) is 2.78. The van der Waals surface area contributed by atoms with E-state index >= 15 is 0 Å². The zero-order chi connectivity index (χ0) is 12.4.